The SMILES string of the molecule is COc1ccc(N(CC(=O)Nc2cc(C)ccc2OC)S(=O)(=O)c2cc(C)ccc2OC)cc1. The zero-order valence-electron chi connectivity index (χ0n) is 19.8. The summed E-state index contributed by atoms with van der Waals surface area (Å²) in [6, 6.07) is 16.6. The number of sulfonamides is 1. The lowest BCUT2D eigenvalue weighted by Crippen LogP contribution is -2.38. The van der Waals surface area contributed by atoms with E-state index in [9.17, 15) is 13.2 Å². The van der Waals surface area contributed by atoms with Gasteiger partial charge in [0.2, 0.25) is 5.91 Å². The first-order chi connectivity index (χ1) is 16.2. The Hall–Kier alpha value is -3.72. The Labute approximate surface area is 200 Å². The molecule has 0 aliphatic rings. The quantitative estimate of drug-likeness (QED) is 0.490. The normalized spacial score (nSPS) is 11.0. The smallest absolute Gasteiger partial charge is 0.268 e. The summed E-state index contributed by atoms with van der Waals surface area (Å²) in [6.07, 6.45) is 0. The fourth-order valence-electron chi connectivity index (χ4n) is 3.41. The Morgan fingerprint density at radius 3 is 2.00 bits per heavy atom. The van der Waals surface area contributed by atoms with Gasteiger partial charge in [0.05, 0.1) is 32.7 Å². The molecule has 0 aliphatic heterocycles. The van der Waals surface area contributed by atoms with Gasteiger partial charge in [-0.2, -0.15) is 0 Å². The number of benzene rings is 3. The third kappa shape index (κ3) is 5.43. The fourth-order valence-corrected chi connectivity index (χ4v) is 5.07. The second-order valence-corrected chi connectivity index (χ2v) is 9.45. The molecule has 0 radical (unpaired) electrons. The number of hydrogen-bond acceptors (Lipinski definition) is 6. The first-order valence-electron chi connectivity index (χ1n) is 10.5. The van der Waals surface area contributed by atoms with Crippen LogP contribution in [0.15, 0.2) is 65.6 Å². The standard InChI is InChI=1S/C25H28N2O6S/c1-17-6-12-22(32-4)21(14-17)26-25(28)16-27(19-8-10-20(31-3)11-9-19)34(29,30)24-15-18(2)7-13-23(24)33-5/h6-15H,16H2,1-5H3,(H,26,28). The highest BCUT2D eigenvalue weighted by molar-refractivity contribution is 7.93. The fraction of sp³-hybridized carbons (Fsp3) is 0.240. The lowest BCUT2D eigenvalue weighted by Gasteiger charge is -2.25. The van der Waals surface area contributed by atoms with Crippen molar-refractivity contribution in [2.45, 2.75) is 18.7 Å². The number of anilines is 2. The number of nitrogens with zero attached hydrogens (tertiary/aromatic N) is 1. The zero-order chi connectivity index (χ0) is 24.9. The molecule has 0 saturated heterocycles. The summed E-state index contributed by atoms with van der Waals surface area (Å²) in [7, 11) is 0.242. The summed E-state index contributed by atoms with van der Waals surface area (Å²) in [6.45, 7) is 3.20. The molecule has 180 valence electrons. The van der Waals surface area contributed by atoms with Crippen molar-refractivity contribution in [2.24, 2.45) is 0 Å². The highest BCUT2D eigenvalue weighted by Crippen LogP contribution is 2.32. The molecule has 0 heterocycles. The van der Waals surface area contributed by atoms with Gasteiger partial charge < -0.3 is 19.5 Å². The van der Waals surface area contributed by atoms with Crippen LogP contribution in [0.3, 0.4) is 0 Å². The van der Waals surface area contributed by atoms with Gasteiger partial charge in [0, 0.05) is 0 Å². The molecule has 0 fully saturated rings. The van der Waals surface area contributed by atoms with Crippen LogP contribution in [0.2, 0.25) is 0 Å². The molecule has 1 N–H and O–H groups in total. The molecule has 9 heteroatoms. The first kappa shape index (κ1) is 24.9. The van der Waals surface area contributed by atoms with Crippen LogP contribution in [-0.4, -0.2) is 42.2 Å². The van der Waals surface area contributed by atoms with E-state index in [1.165, 1.54) is 27.4 Å². The topological polar surface area (TPSA) is 94.2 Å². The molecule has 8 nitrogen and oxygen atoms in total. The lowest BCUT2D eigenvalue weighted by molar-refractivity contribution is -0.114. The molecular formula is C25H28N2O6S. The van der Waals surface area contributed by atoms with E-state index in [0.29, 0.717) is 22.9 Å². The van der Waals surface area contributed by atoms with Crippen molar-refractivity contribution in [3.63, 3.8) is 0 Å². The van der Waals surface area contributed by atoms with E-state index in [-0.39, 0.29) is 10.6 Å². The number of rotatable bonds is 9. The molecule has 0 unspecified atom stereocenters. The van der Waals surface area contributed by atoms with E-state index >= 15 is 0 Å². The van der Waals surface area contributed by atoms with Gasteiger partial charge in [-0.25, -0.2) is 8.42 Å². The van der Waals surface area contributed by atoms with E-state index in [1.54, 1.807) is 55.5 Å². The predicted octanol–water partition coefficient (Wildman–Crippen LogP) is 4.16. The number of amides is 1. The molecule has 3 aromatic carbocycles. The van der Waals surface area contributed by atoms with Crippen molar-refractivity contribution < 1.29 is 27.4 Å². The number of ether oxygens (including phenoxy) is 3. The average molecular weight is 485 g/mol. The van der Waals surface area contributed by atoms with Gasteiger partial charge in [-0.05, 0) is 73.5 Å². The summed E-state index contributed by atoms with van der Waals surface area (Å²) in [5.41, 5.74) is 2.41. The Morgan fingerprint density at radius 2 is 1.41 bits per heavy atom. The van der Waals surface area contributed by atoms with E-state index in [0.717, 1.165) is 15.4 Å². The van der Waals surface area contributed by atoms with Gasteiger partial charge in [0.1, 0.15) is 28.7 Å². The van der Waals surface area contributed by atoms with Crippen LogP contribution in [0.4, 0.5) is 11.4 Å². The predicted molar refractivity (Wildman–Crippen MR) is 132 cm³/mol. The number of aryl methyl sites for hydroxylation is 2. The van der Waals surface area contributed by atoms with Gasteiger partial charge in [-0.1, -0.05) is 12.1 Å². The number of hydrogen-bond donors (Lipinski definition) is 1. The van der Waals surface area contributed by atoms with Gasteiger partial charge in [-0.3, -0.25) is 9.10 Å². The summed E-state index contributed by atoms with van der Waals surface area (Å²) >= 11 is 0. The van der Waals surface area contributed by atoms with Crippen LogP contribution in [0.25, 0.3) is 0 Å². The summed E-state index contributed by atoms with van der Waals surface area (Å²) in [4.78, 5) is 13.0. The molecule has 0 spiro atoms. The van der Waals surface area contributed by atoms with Crippen LogP contribution in [-0.2, 0) is 14.8 Å². The summed E-state index contributed by atoms with van der Waals surface area (Å²) < 4.78 is 44.4. The van der Waals surface area contributed by atoms with Crippen molar-refractivity contribution >= 4 is 27.3 Å². The molecule has 0 aliphatic carbocycles. The van der Waals surface area contributed by atoms with Crippen molar-refractivity contribution in [3.8, 4) is 17.2 Å². The summed E-state index contributed by atoms with van der Waals surface area (Å²) in [5.74, 6) is 0.682. The maximum absolute atomic E-state index is 13.8. The molecular weight excluding hydrogens is 456 g/mol. The van der Waals surface area contributed by atoms with Crippen molar-refractivity contribution in [1.82, 2.24) is 0 Å². The Kier molecular flexibility index (Phi) is 7.68. The van der Waals surface area contributed by atoms with Crippen LogP contribution in [0.1, 0.15) is 11.1 Å². The molecule has 0 saturated carbocycles. The van der Waals surface area contributed by atoms with E-state index in [1.807, 2.05) is 13.0 Å². The molecule has 0 aromatic heterocycles. The van der Waals surface area contributed by atoms with Gasteiger partial charge in [0.25, 0.3) is 10.0 Å². The average Bonchev–Trinajstić information content (AvgIpc) is 2.82. The maximum atomic E-state index is 13.8. The van der Waals surface area contributed by atoms with E-state index < -0.39 is 22.5 Å². The van der Waals surface area contributed by atoms with Crippen LogP contribution in [0.5, 0.6) is 17.2 Å². The van der Waals surface area contributed by atoms with Crippen molar-refractivity contribution in [1.29, 1.82) is 0 Å². The monoisotopic (exact) mass is 484 g/mol. The molecule has 1 amide bonds. The molecule has 0 atom stereocenters. The minimum absolute atomic E-state index is 0.0354. The molecule has 3 aromatic rings. The lowest BCUT2D eigenvalue weighted by atomic mass is 10.2. The second-order valence-electron chi connectivity index (χ2n) is 7.62. The van der Waals surface area contributed by atoms with Crippen LogP contribution < -0.4 is 23.8 Å². The zero-order valence-corrected chi connectivity index (χ0v) is 20.6. The third-order valence-corrected chi connectivity index (χ3v) is 6.96. The maximum Gasteiger partial charge on any atom is 0.268 e. The van der Waals surface area contributed by atoms with Crippen LogP contribution >= 0.6 is 0 Å². The first-order valence-corrected chi connectivity index (χ1v) is 11.9. The molecule has 34 heavy (non-hydrogen) atoms. The minimum atomic E-state index is -4.17. The van der Waals surface area contributed by atoms with Gasteiger partial charge in [-0.15, -0.1) is 0 Å². The highest BCUT2D eigenvalue weighted by Gasteiger charge is 2.30. The van der Waals surface area contributed by atoms with E-state index in [4.69, 9.17) is 14.2 Å². The molecule has 0 bridgehead atoms. The van der Waals surface area contributed by atoms with Gasteiger partial charge in [0.15, 0.2) is 0 Å². The largest absolute Gasteiger partial charge is 0.497 e. The van der Waals surface area contributed by atoms with Crippen LogP contribution in [0, 0.1) is 13.8 Å². The highest BCUT2D eigenvalue weighted by atomic mass is 32.2. The third-order valence-electron chi connectivity index (χ3n) is 5.16. The Balaban J connectivity index is 2.03. The molecule has 3 rings (SSSR count). The number of methoxy groups -OCH3 is 3. The van der Waals surface area contributed by atoms with E-state index in [2.05, 4.69) is 5.32 Å². The number of carbonyl (C=O) groups excluding carboxylic acids is 1. The minimum Gasteiger partial charge on any atom is -0.497 e. The Morgan fingerprint density at radius 1 is 0.824 bits per heavy atom. The van der Waals surface area contributed by atoms with Crippen molar-refractivity contribution in [2.75, 3.05) is 37.5 Å². The van der Waals surface area contributed by atoms with Gasteiger partial charge >= 0.3 is 0 Å². The van der Waals surface area contributed by atoms with Crippen molar-refractivity contribution in [3.05, 3.63) is 71.8 Å². The second kappa shape index (κ2) is 10.5. The summed E-state index contributed by atoms with van der Waals surface area (Å²) in [5, 5.41) is 2.76. The Bertz CT molecular complexity index is 1270. The number of carbonyl (C=O) groups is 1. The number of nitrogens with one attached hydrogen (secondary N) is 1.